The average molecular weight is 301 g/mol. The van der Waals surface area contributed by atoms with Crippen molar-refractivity contribution in [2.24, 2.45) is 5.73 Å². The molecule has 0 radical (unpaired) electrons. The molecule has 4 N–H and O–H groups in total. The van der Waals surface area contributed by atoms with Crippen molar-refractivity contribution in [2.45, 2.75) is 38.9 Å². The van der Waals surface area contributed by atoms with Crippen molar-refractivity contribution in [1.29, 1.82) is 0 Å². The van der Waals surface area contributed by atoms with Crippen molar-refractivity contribution in [3.63, 3.8) is 0 Å². The minimum Gasteiger partial charge on any atom is -0.444 e. The lowest BCUT2D eigenvalue weighted by Crippen LogP contribution is -2.27. The van der Waals surface area contributed by atoms with E-state index in [1.54, 1.807) is 39.0 Å². The third-order valence-corrected chi connectivity index (χ3v) is 2.77. The quantitative estimate of drug-likeness (QED) is 0.798. The molecule has 0 spiro atoms. The lowest BCUT2D eigenvalue weighted by molar-refractivity contribution is 0.0636. The zero-order chi connectivity index (χ0) is 15.3. The zero-order valence-electron chi connectivity index (χ0n) is 11.9. The van der Waals surface area contributed by atoms with Crippen LogP contribution in [0.25, 0.3) is 0 Å². The van der Waals surface area contributed by atoms with Crippen LogP contribution < -0.4 is 11.1 Å². The number of aliphatic hydroxyl groups is 1. The van der Waals surface area contributed by atoms with Crippen LogP contribution >= 0.6 is 11.6 Å². The van der Waals surface area contributed by atoms with Gasteiger partial charge in [-0.15, -0.1) is 0 Å². The van der Waals surface area contributed by atoms with Crippen LogP contribution in [0.5, 0.6) is 0 Å². The Labute approximate surface area is 124 Å². The summed E-state index contributed by atoms with van der Waals surface area (Å²) in [7, 11) is 0. The summed E-state index contributed by atoms with van der Waals surface area (Å²) in [6, 6.07) is 4.93. The number of rotatable bonds is 4. The highest BCUT2D eigenvalue weighted by Crippen LogP contribution is 2.27. The Kier molecular flexibility index (Phi) is 5.80. The van der Waals surface area contributed by atoms with Gasteiger partial charge in [-0.25, -0.2) is 4.79 Å². The number of anilines is 1. The van der Waals surface area contributed by atoms with Gasteiger partial charge in [-0.2, -0.15) is 0 Å². The maximum absolute atomic E-state index is 11.6. The molecule has 0 fully saturated rings. The number of halogens is 1. The predicted octanol–water partition coefficient (Wildman–Crippen LogP) is 3.07. The molecular formula is C14H21ClN2O3. The Morgan fingerprint density at radius 2 is 2.15 bits per heavy atom. The number of nitrogens with two attached hydrogens (primary N) is 1. The molecular weight excluding hydrogens is 280 g/mol. The highest BCUT2D eigenvalue weighted by Gasteiger charge is 2.17. The van der Waals surface area contributed by atoms with E-state index in [-0.39, 0.29) is 0 Å². The first-order valence-corrected chi connectivity index (χ1v) is 6.78. The van der Waals surface area contributed by atoms with E-state index in [1.165, 1.54) is 0 Å². The second kappa shape index (κ2) is 6.92. The summed E-state index contributed by atoms with van der Waals surface area (Å²) in [5.74, 6) is 0. The van der Waals surface area contributed by atoms with Crippen LogP contribution in [0.1, 0.15) is 38.9 Å². The van der Waals surface area contributed by atoms with E-state index in [0.29, 0.717) is 29.2 Å². The van der Waals surface area contributed by atoms with Crippen molar-refractivity contribution in [3.8, 4) is 0 Å². The van der Waals surface area contributed by atoms with Crippen LogP contribution in [-0.2, 0) is 4.74 Å². The molecule has 5 nitrogen and oxygen atoms in total. The zero-order valence-corrected chi connectivity index (χ0v) is 12.7. The van der Waals surface area contributed by atoms with E-state index in [9.17, 15) is 9.90 Å². The number of hydrogen-bond donors (Lipinski definition) is 3. The number of benzene rings is 1. The first kappa shape index (κ1) is 16.8. The first-order chi connectivity index (χ1) is 9.23. The van der Waals surface area contributed by atoms with E-state index in [1.807, 2.05) is 0 Å². The lowest BCUT2D eigenvalue weighted by Gasteiger charge is -2.20. The number of nitrogens with one attached hydrogen (secondary N) is 1. The first-order valence-electron chi connectivity index (χ1n) is 6.40. The molecule has 1 amide bonds. The van der Waals surface area contributed by atoms with Crippen molar-refractivity contribution < 1.29 is 14.6 Å². The third-order valence-electron chi connectivity index (χ3n) is 2.45. The number of carbonyl (C=O) groups is 1. The standard InChI is InChI=1S/C14H21ClN2O3/c1-14(2,3)20-13(19)17-11-5-4-9(8-10(11)15)12(18)6-7-16/h4-5,8,12,18H,6-7,16H2,1-3H3,(H,17,19)/t12-/m1/s1. The van der Waals surface area contributed by atoms with Gasteiger partial charge in [-0.3, -0.25) is 5.32 Å². The predicted molar refractivity (Wildman–Crippen MR) is 79.9 cm³/mol. The summed E-state index contributed by atoms with van der Waals surface area (Å²) in [6.45, 7) is 5.72. The molecule has 0 bridgehead atoms. The minimum atomic E-state index is -0.659. The van der Waals surface area contributed by atoms with E-state index in [0.717, 1.165) is 0 Å². The van der Waals surface area contributed by atoms with Crippen LogP contribution in [0.3, 0.4) is 0 Å². The van der Waals surface area contributed by atoms with Gasteiger partial charge in [0.2, 0.25) is 0 Å². The van der Waals surface area contributed by atoms with Gasteiger partial charge in [0.05, 0.1) is 16.8 Å². The van der Waals surface area contributed by atoms with Crippen LogP contribution in [0, 0.1) is 0 Å². The normalized spacial score (nSPS) is 12.9. The molecule has 0 heterocycles. The lowest BCUT2D eigenvalue weighted by atomic mass is 10.1. The van der Waals surface area contributed by atoms with Gasteiger partial charge in [0.25, 0.3) is 0 Å². The molecule has 0 aliphatic rings. The Morgan fingerprint density at radius 1 is 1.50 bits per heavy atom. The SMILES string of the molecule is CC(C)(C)OC(=O)Nc1ccc([C@H](O)CCN)cc1Cl. The minimum absolute atomic E-state index is 0.337. The molecule has 0 aliphatic heterocycles. The molecule has 1 atom stereocenters. The van der Waals surface area contributed by atoms with Crippen molar-refractivity contribution in [3.05, 3.63) is 28.8 Å². The summed E-state index contributed by atoms with van der Waals surface area (Å²) < 4.78 is 5.14. The molecule has 6 heteroatoms. The molecule has 1 rings (SSSR count). The molecule has 1 aromatic rings. The van der Waals surface area contributed by atoms with Gasteiger partial charge in [0, 0.05) is 0 Å². The van der Waals surface area contributed by atoms with Gasteiger partial charge < -0.3 is 15.6 Å². The van der Waals surface area contributed by atoms with Crippen molar-refractivity contribution >= 4 is 23.4 Å². The van der Waals surface area contributed by atoms with Crippen molar-refractivity contribution in [2.75, 3.05) is 11.9 Å². The van der Waals surface area contributed by atoms with Gasteiger partial charge >= 0.3 is 6.09 Å². The highest BCUT2D eigenvalue weighted by molar-refractivity contribution is 6.33. The maximum Gasteiger partial charge on any atom is 0.412 e. The van der Waals surface area contributed by atoms with Crippen LogP contribution in [0.15, 0.2) is 18.2 Å². The Hall–Kier alpha value is -1.30. The number of amides is 1. The number of ether oxygens (including phenoxy) is 1. The van der Waals surface area contributed by atoms with Gasteiger partial charge in [-0.05, 0) is 51.4 Å². The fraction of sp³-hybridized carbons (Fsp3) is 0.500. The molecule has 0 aromatic heterocycles. The summed E-state index contributed by atoms with van der Waals surface area (Å²) in [5, 5.41) is 12.7. The van der Waals surface area contributed by atoms with Gasteiger partial charge in [-0.1, -0.05) is 17.7 Å². The largest absolute Gasteiger partial charge is 0.444 e. The molecule has 20 heavy (non-hydrogen) atoms. The fourth-order valence-corrected chi connectivity index (χ4v) is 1.81. The van der Waals surface area contributed by atoms with Crippen molar-refractivity contribution in [1.82, 2.24) is 0 Å². The second-order valence-corrected chi connectivity index (χ2v) is 5.87. The molecule has 0 saturated carbocycles. The number of aliphatic hydroxyl groups excluding tert-OH is 1. The van der Waals surface area contributed by atoms with E-state index in [4.69, 9.17) is 22.1 Å². The van der Waals surface area contributed by atoms with Crippen LogP contribution in [0.2, 0.25) is 5.02 Å². The van der Waals surface area contributed by atoms with Crippen LogP contribution in [0.4, 0.5) is 10.5 Å². The Balaban J connectivity index is 2.76. The topological polar surface area (TPSA) is 84.6 Å². The summed E-state index contributed by atoms with van der Waals surface area (Å²) in [4.78, 5) is 11.6. The maximum atomic E-state index is 11.6. The summed E-state index contributed by atoms with van der Waals surface area (Å²) in [5.41, 5.74) is 5.91. The number of hydrogen-bond acceptors (Lipinski definition) is 4. The molecule has 0 aliphatic carbocycles. The van der Waals surface area contributed by atoms with E-state index >= 15 is 0 Å². The Bertz CT molecular complexity index is 472. The van der Waals surface area contributed by atoms with Gasteiger partial charge in [0.1, 0.15) is 5.60 Å². The smallest absolute Gasteiger partial charge is 0.412 e. The van der Waals surface area contributed by atoms with E-state index < -0.39 is 17.8 Å². The third kappa shape index (κ3) is 5.36. The molecule has 112 valence electrons. The molecule has 1 aromatic carbocycles. The highest BCUT2D eigenvalue weighted by atomic mass is 35.5. The Morgan fingerprint density at radius 3 is 2.65 bits per heavy atom. The van der Waals surface area contributed by atoms with Gasteiger partial charge in [0.15, 0.2) is 0 Å². The second-order valence-electron chi connectivity index (χ2n) is 5.46. The summed E-state index contributed by atoms with van der Waals surface area (Å²) in [6.07, 6.45) is -0.780. The fourth-order valence-electron chi connectivity index (χ4n) is 1.58. The monoisotopic (exact) mass is 300 g/mol. The average Bonchev–Trinajstić information content (AvgIpc) is 2.29. The molecule has 0 saturated heterocycles. The van der Waals surface area contributed by atoms with E-state index in [2.05, 4.69) is 5.32 Å². The molecule has 0 unspecified atom stereocenters. The summed E-state index contributed by atoms with van der Waals surface area (Å²) >= 11 is 6.08. The number of carbonyl (C=O) groups excluding carboxylic acids is 1. The van der Waals surface area contributed by atoms with Crippen LogP contribution in [-0.4, -0.2) is 23.3 Å².